The van der Waals surface area contributed by atoms with Crippen molar-refractivity contribution in [1.29, 1.82) is 0 Å². The molecule has 1 amide bonds. The Morgan fingerprint density at radius 1 is 1.41 bits per heavy atom. The molecule has 0 radical (unpaired) electrons. The Hall–Kier alpha value is -2.10. The van der Waals surface area contributed by atoms with Gasteiger partial charge in [0.15, 0.2) is 0 Å². The first kappa shape index (κ1) is 11.4. The van der Waals surface area contributed by atoms with E-state index in [0.29, 0.717) is 6.42 Å². The van der Waals surface area contributed by atoms with Crippen molar-refractivity contribution in [1.82, 2.24) is 9.55 Å². The van der Waals surface area contributed by atoms with Crippen LogP contribution in [0.2, 0.25) is 0 Å². The molecule has 4 heteroatoms. The van der Waals surface area contributed by atoms with Crippen LogP contribution in [0.3, 0.4) is 0 Å². The third-order valence-electron chi connectivity index (χ3n) is 2.44. The number of hydrogen-bond donors (Lipinski definition) is 1. The molecule has 0 saturated carbocycles. The standard InChI is InChI=1S/C13H15N3O/c1-2-5-13(17)15-11-6-3-4-7-12(11)16-9-8-14-10-16/h3-4,6-10H,2,5H2,1H3,(H,15,17). The molecule has 0 aliphatic rings. The lowest BCUT2D eigenvalue weighted by atomic mass is 10.2. The zero-order valence-electron chi connectivity index (χ0n) is 9.76. The fourth-order valence-corrected chi connectivity index (χ4v) is 1.65. The lowest BCUT2D eigenvalue weighted by Crippen LogP contribution is -2.12. The number of carbonyl (C=O) groups is 1. The van der Waals surface area contributed by atoms with Crippen molar-refractivity contribution in [2.45, 2.75) is 19.8 Å². The van der Waals surface area contributed by atoms with Crippen LogP contribution in [-0.4, -0.2) is 15.5 Å². The number of aromatic nitrogens is 2. The Balaban J connectivity index is 2.25. The molecule has 1 aromatic heterocycles. The zero-order valence-corrected chi connectivity index (χ0v) is 9.76. The van der Waals surface area contributed by atoms with Gasteiger partial charge in [0, 0.05) is 18.8 Å². The molecule has 2 rings (SSSR count). The number of rotatable bonds is 4. The number of imidazole rings is 1. The van der Waals surface area contributed by atoms with E-state index in [2.05, 4.69) is 10.3 Å². The quantitative estimate of drug-likeness (QED) is 0.876. The number of amides is 1. The Labute approximate surface area is 100 Å². The van der Waals surface area contributed by atoms with E-state index in [-0.39, 0.29) is 5.91 Å². The maximum Gasteiger partial charge on any atom is 0.224 e. The van der Waals surface area contributed by atoms with Crippen LogP contribution >= 0.6 is 0 Å². The summed E-state index contributed by atoms with van der Waals surface area (Å²) < 4.78 is 1.88. The van der Waals surface area contributed by atoms with Crippen molar-refractivity contribution in [3.8, 4) is 5.69 Å². The second-order valence-electron chi connectivity index (χ2n) is 3.79. The Bertz CT molecular complexity index is 491. The van der Waals surface area contributed by atoms with Gasteiger partial charge in [-0.05, 0) is 18.6 Å². The predicted octanol–water partition coefficient (Wildman–Crippen LogP) is 2.61. The molecule has 0 atom stereocenters. The second kappa shape index (κ2) is 5.30. The minimum Gasteiger partial charge on any atom is -0.324 e. The molecule has 2 aromatic rings. The van der Waals surface area contributed by atoms with E-state index in [0.717, 1.165) is 17.8 Å². The number of nitrogens with one attached hydrogen (secondary N) is 1. The first-order valence-electron chi connectivity index (χ1n) is 5.68. The van der Waals surface area contributed by atoms with E-state index in [1.807, 2.05) is 42.0 Å². The number of hydrogen-bond acceptors (Lipinski definition) is 2. The Morgan fingerprint density at radius 3 is 2.94 bits per heavy atom. The first-order chi connectivity index (χ1) is 8.31. The summed E-state index contributed by atoms with van der Waals surface area (Å²) in [5.41, 5.74) is 1.73. The zero-order chi connectivity index (χ0) is 12.1. The highest BCUT2D eigenvalue weighted by Gasteiger charge is 2.06. The molecule has 88 valence electrons. The van der Waals surface area contributed by atoms with Gasteiger partial charge in [0.05, 0.1) is 17.7 Å². The molecule has 0 aliphatic heterocycles. The molecular formula is C13H15N3O. The van der Waals surface area contributed by atoms with Crippen LogP contribution in [0.4, 0.5) is 5.69 Å². The minimum absolute atomic E-state index is 0.0417. The summed E-state index contributed by atoms with van der Waals surface area (Å²) in [7, 11) is 0. The van der Waals surface area contributed by atoms with Crippen LogP contribution in [0.15, 0.2) is 43.0 Å². The fourth-order valence-electron chi connectivity index (χ4n) is 1.65. The summed E-state index contributed by atoms with van der Waals surface area (Å²) >= 11 is 0. The minimum atomic E-state index is 0.0417. The monoisotopic (exact) mass is 229 g/mol. The lowest BCUT2D eigenvalue weighted by Gasteiger charge is -2.10. The van der Waals surface area contributed by atoms with Gasteiger partial charge in [0.1, 0.15) is 0 Å². The van der Waals surface area contributed by atoms with Gasteiger partial charge in [-0.1, -0.05) is 19.1 Å². The van der Waals surface area contributed by atoms with E-state index in [9.17, 15) is 4.79 Å². The van der Waals surface area contributed by atoms with Gasteiger partial charge in [-0.15, -0.1) is 0 Å². The smallest absolute Gasteiger partial charge is 0.224 e. The molecule has 0 aliphatic carbocycles. The number of anilines is 1. The highest BCUT2D eigenvalue weighted by Crippen LogP contribution is 2.19. The average molecular weight is 229 g/mol. The molecule has 0 bridgehead atoms. The highest BCUT2D eigenvalue weighted by atomic mass is 16.1. The maximum absolute atomic E-state index is 11.6. The highest BCUT2D eigenvalue weighted by molar-refractivity contribution is 5.92. The van der Waals surface area contributed by atoms with Gasteiger partial charge in [-0.3, -0.25) is 4.79 Å². The molecule has 1 N–H and O–H groups in total. The largest absolute Gasteiger partial charge is 0.324 e. The molecule has 0 fully saturated rings. The summed E-state index contributed by atoms with van der Waals surface area (Å²) in [5.74, 6) is 0.0417. The molecule has 1 heterocycles. The van der Waals surface area contributed by atoms with Crippen LogP contribution in [0, 0.1) is 0 Å². The van der Waals surface area contributed by atoms with Gasteiger partial charge in [-0.2, -0.15) is 0 Å². The molecule has 17 heavy (non-hydrogen) atoms. The van der Waals surface area contributed by atoms with Gasteiger partial charge < -0.3 is 9.88 Å². The van der Waals surface area contributed by atoms with E-state index in [4.69, 9.17) is 0 Å². The fraction of sp³-hybridized carbons (Fsp3) is 0.231. The molecule has 0 spiro atoms. The van der Waals surface area contributed by atoms with E-state index in [1.165, 1.54) is 0 Å². The van der Waals surface area contributed by atoms with E-state index < -0.39 is 0 Å². The number of nitrogens with zero attached hydrogens (tertiary/aromatic N) is 2. The molecule has 1 aromatic carbocycles. The summed E-state index contributed by atoms with van der Waals surface area (Å²) in [6.45, 7) is 1.99. The molecular weight excluding hydrogens is 214 g/mol. The van der Waals surface area contributed by atoms with Gasteiger partial charge in [0.2, 0.25) is 5.91 Å². The van der Waals surface area contributed by atoms with E-state index in [1.54, 1.807) is 12.5 Å². The van der Waals surface area contributed by atoms with Crippen molar-refractivity contribution in [3.63, 3.8) is 0 Å². The van der Waals surface area contributed by atoms with Crippen molar-refractivity contribution >= 4 is 11.6 Å². The average Bonchev–Trinajstić information content (AvgIpc) is 2.83. The van der Waals surface area contributed by atoms with Gasteiger partial charge in [-0.25, -0.2) is 4.98 Å². The van der Waals surface area contributed by atoms with Crippen molar-refractivity contribution in [2.24, 2.45) is 0 Å². The molecule has 4 nitrogen and oxygen atoms in total. The van der Waals surface area contributed by atoms with Crippen molar-refractivity contribution < 1.29 is 4.79 Å². The third kappa shape index (κ3) is 2.72. The Kier molecular flexibility index (Phi) is 3.55. The lowest BCUT2D eigenvalue weighted by molar-refractivity contribution is -0.116. The van der Waals surface area contributed by atoms with Gasteiger partial charge >= 0.3 is 0 Å². The summed E-state index contributed by atoms with van der Waals surface area (Å²) in [6.07, 6.45) is 6.66. The van der Waals surface area contributed by atoms with Crippen molar-refractivity contribution in [2.75, 3.05) is 5.32 Å². The topological polar surface area (TPSA) is 46.9 Å². The first-order valence-corrected chi connectivity index (χ1v) is 5.68. The van der Waals surface area contributed by atoms with Crippen molar-refractivity contribution in [3.05, 3.63) is 43.0 Å². The maximum atomic E-state index is 11.6. The van der Waals surface area contributed by atoms with Crippen LogP contribution in [-0.2, 0) is 4.79 Å². The summed E-state index contributed by atoms with van der Waals surface area (Å²) in [4.78, 5) is 15.6. The van der Waals surface area contributed by atoms with Crippen LogP contribution in [0.25, 0.3) is 5.69 Å². The predicted molar refractivity (Wildman–Crippen MR) is 67.1 cm³/mol. The summed E-state index contributed by atoms with van der Waals surface area (Å²) in [6, 6.07) is 7.68. The number of para-hydroxylation sites is 2. The third-order valence-corrected chi connectivity index (χ3v) is 2.44. The second-order valence-corrected chi connectivity index (χ2v) is 3.79. The molecule has 0 saturated heterocycles. The summed E-state index contributed by atoms with van der Waals surface area (Å²) in [5, 5.41) is 2.91. The van der Waals surface area contributed by atoms with Gasteiger partial charge in [0.25, 0.3) is 0 Å². The molecule has 0 unspecified atom stereocenters. The van der Waals surface area contributed by atoms with Crippen LogP contribution < -0.4 is 5.32 Å². The Morgan fingerprint density at radius 2 is 2.24 bits per heavy atom. The normalized spacial score (nSPS) is 10.2. The SMILES string of the molecule is CCCC(=O)Nc1ccccc1-n1ccnc1. The van der Waals surface area contributed by atoms with E-state index >= 15 is 0 Å². The van der Waals surface area contributed by atoms with Crippen LogP contribution in [0.1, 0.15) is 19.8 Å². The number of benzene rings is 1. The van der Waals surface area contributed by atoms with Crippen LogP contribution in [0.5, 0.6) is 0 Å². The number of carbonyl (C=O) groups excluding carboxylic acids is 1.